The van der Waals surface area contributed by atoms with Gasteiger partial charge in [0.25, 0.3) is 5.69 Å². The number of hydrogen-bond acceptors (Lipinski definition) is 4. The zero-order valence-corrected chi connectivity index (χ0v) is 24.4. The number of nitrogens with zero attached hydrogens (tertiary/aromatic N) is 2. The summed E-state index contributed by atoms with van der Waals surface area (Å²) >= 11 is 3.26. The van der Waals surface area contributed by atoms with Gasteiger partial charge in [-0.05, 0) is 18.9 Å². The maximum Gasteiger partial charge on any atom is 0.293 e. The second-order valence-electron chi connectivity index (χ2n) is 9.51. The molecule has 0 amide bonds. The molecule has 0 spiro atoms. The lowest BCUT2D eigenvalue weighted by Crippen LogP contribution is -2.33. The summed E-state index contributed by atoms with van der Waals surface area (Å²) in [7, 11) is -3.95. The number of halogens is 1. The predicted octanol–water partition coefficient (Wildman–Crippen LogP) is 8.76. The van der Waals surface area contributed by atoms with Crippen LogP contribution in [0.15, 0.2) is 23.1 Å². The van der Waals surface area contributed by atoms with Crippen LogP contribution in [-0.4, -0.2) is 30.7 Å². The number of benzene rings is 1. The molecule has 35 heavy (non-hydrogen) atoms. The molecule has 0 bridgehead atoms. The molecule has 1 aromatic carbocycles. The Morgan fingerprint density at radius 1 is 0.771 bits per heavy atom. The molecular formula is C27H47BrN2O4S. The maximum absolute atomic E-state index is 13.6. The van der Waals surface area contributed by atoms with E-state index >= 15 is 0 Å². The van der Waals surface area contributed by atoms with Crippen molar-refractivity contribution < 1.29 is 13.3 Å². The van der Waals surface area contributed by atoms with Crippen molar-refractivity contribution in [2.24, 2.45) is 0 Å². The molecule has 0 aromatic heterocycles. The van der Waals surface area contributed by atoms with Gasteiger partial charge in [-0.3, -0.25) is 10.1 Å². The van der Waals surface area contributed by atoms with Gasteiger partial charge in [-0.2, -0.15) is 4.31 Å². The van der Waals surface area contributed by atoms with Crippen molar-refractivity contribution in [2.75, 3.05) is 13.1 Å². The van der Waals surface area contributed by atoms with Gasteiger partial charge >= 0.3 is 0 Å². The molecule has 0 saturated heterocycles. The van der Waals surface area contributed by atoms with Crippen LogP contribution in [0.4, 0.5) is 5.69 Å². The number of nitro groups is 1. The van der Waals surface area contributed by atoms with Gasteiger partial charge in [0.05, 0.1) is 4.92 Å². The van der Waals surface area contributed by atoms with Crippen LogP contribution in [0.5, 0.6) is 0 Å². The van der Waals surface area contributed by atoms with E-state index in [4.69, 9.17) is 0 Å². The average molecular weight is 576 g/mol. The van der Waals surface area contributed by atoms with Crippen molar-refractivity contribution >= 4 is 31.6 Å². The fourth-order valence-electron chi connectivity index (χ4n) is 4.43. The highest BCUT2D eigenvalue weighted by atomic mass is 79.9. The van der Waals surface area contributed by atoms with Crippen molar-refractivity contribution in [3.8, 4) is 0 Å². The molecule has 8 heteroatoms. The van der Waals surface area contributed by atoms with Gasteiger partial charge < -0.3 is 0 Å². The average Bonchev–Trinajstić information content (AvgIpc) is 2.85. The fourth-order valence-corrected chi connectivity index (χ4v) is 6.60. The van der Waals surface area contributed by atoms with Crippen LogP contribution in [-0.2, 0) is 15.4 Å². The summed E-state index contributed by atoms with van der Waals surface area (Å²) in [6.45, 7) is 5.26. The Hall–Kier alpha value is -0.990. The van der Waals surface area contributed by atoms with Gasteiger partial charge in [0.15, 0.2) is 4.90 Å². The molecule has 202 valence electrons. The lowest BCUT2D eigenvalue weighted by atomic mass is 10.1. The Balaban J connectivity index is 2.81. The van der Waals surface area contributed by atoms with E-state index in [0.29, 0.717) is 18.7 Å². The van der Waals surface area contributed by atoms with Crippen LogP contribution in [0.3, 0.4) is 0 Å². The topological polar surface area (TPSA) is 80.5 Å². The molecule has 0 saturated carbocycles. The van der Waals surface area contributed by atoms with Crippen LogP contribution in [0.2, 0.25) is 0 Å². The number of nitro benzene ring substituents is 1. The number of hydrogen-bond donors (Lipinski definition) is 0. The molecule has 1 rings (SSSR count). The molecule has 0 heterocycles. The summed E-state index contributed by atoms with van der Waals surface area (Å²) in [5.41, 5.74) is 0.0800. The van der Waals surface area contributed by atoms with E-state index in [9.17, 15) is 18.5 Å². The molecule has 1 aromatic rings. The standard InChI is InChI=1S/C27H47BrN2O4S/c1-3-5-7-9-11-13-15-17-22-29(23-18-16-14-12-10-8-6-4-2)35(33,34)26-21-19-20-25(24-28)27(26)30(31)32/h19-21H,3-18,22-24H2,1-2H3. The molecule has 0 aliphatic heterocycles. The lowest BCUT2D eigenvalue weighted by Gasteiger charge is -2.22. The Kier molecular flexibility index (Phi) is 17.5. The number of rotatable bonds is 22. The van der Waals surface area contributed by atoms with E-state index in [1.54, 1.807) is 12.1 Å². The first-order chi connectivity index (χ1) is 16.9. The summed E-state index contributed by atoms with van der Waals surface area (Å²) in [4.78, 5) is 11.0. The smallest absolute Gasteiger partial charge is 0.258 e. The van der Waals surface area contributed by atoms with Crippen LogP contribution < -0.4 is 0 Å². The third-order valence-corrected chi connectivity index (χ3v) is 9.08. The SMILES string of the molecule is CCCCCCCCCCN(CCCCCCCCCC)S(=O)(=O)c1cccc(CBr)c1[N+](=O)[O-]. The zero-order valence-electron chi connectivity index (χ0n) is 22.0. The molecule has 0 unspecified atom stereocenters. The summed E-state index contributed by atoms with van der Waals surface area (Å²) in [6.07, 6.45) is 18.1. The molecular weight excluding hydrogens is 528 g/mol. The maximum atomic E-state index is 13.6. The summed E-state index contributed by atoms with van der Waals surface area (Å²) in [6, 6.07) is 4.59. The predicted molar refractivity (Wildman–Crippen MR) is 150 cm³/mol. The summed E-state index contributed by atoms with van der Waals surface area (Å²) in [5.74, 6) is 0. The van der Waals surface area contributed by atoms with Crippen molar-refractivity contribution in [2.45, 2.75) is 127 Å². The number of alkyl halides is 1. The first-order valence-corrected chi connectivity index (χ1v) is 16.3. The second kappa shape index (κ2) is 19.2. The molecule has 6 nitrogen and oxygen atoms in total. The minimum atomic E-state index is -3.95. The van der Waals surface area contributed by atoms with E-state index in [1.165, 1.54) is 74.6 Å². The van der Waals surface area contributed by atoms with Crippen LogP contribution in [0.25, 0.3) is 0 Å². The van der Waals surface area contributed by atoms with Crippen molar-refractivity contribution in [3.05, 3.63) is 33.9 Å². The molecule has 0 aliphatic carbocycles. The molecule has 0 atom stereocenters. The minimum Gasteiger partial charge on any atom is -0.258 e. The second-order valence-corrected chi connectivity index (χ2v) is 12.0. The first kappa shape index (κ1) is 32.0. The van der Waals surface area contributed by atoms with Gasteiger partial charge in [0.1, 0.15) is 0 Å². The highest BCUT2D eigenvalue weighted by molar-refractivity contribution is 9.08. The van der Waals surface area contributed by atoms with E-state index in [0.717, 1.165) is 38.5 Å². The van der Waals surface area contributed by atoms with E-state index in [2.05, 4.69) is 29.8 Å². The van der Waals surface area contributed by atoms with Crippen molar-refractivity contribution in [3.63, 3.8) is 0 Å². The normalized spacial score (nSPS) is 11.9. The Morgan fingerprint density at radius 2 is 1.20 bits per heavy atom. The zero-order chi connectivity index (χ0) is 25.9. The van der Waals surface area contributed by atoms with Crippen LogP contribution in [0.1, 0.15) is 122 Å². The Labute approximate surface area is 222 Å². The first-order valence-electron chi connectivity index (χ1n) is 13.7. The van der Waals surface area contributed by atoms with Gasteiger partial charge in [-0.1, -0.05) is 132 Å². The molecule has 0 aliphatic rings. The summed E-state index contributed by atoms with van der Waals surface area (Å²) < 4.78 is 28.7. The minimum absolute atomic E-state index is 0.182. The van der Waals surface area contributed by atoms with Crippen LogP contribution >= 0.6 is 15.9 Å². The molecule has 0 fully saturated rings. The van der Waals surface area contributed by atoms with Gasteiger partial charge in [-0.15, -0.1) is 0 Å². The highest BCUT2D eigenvalue weighted by Crippen LogP contribution is 2.32. The van der Waals surface area contributed by atoms with Gasteiger partial charge in [0, 0.05) is 24.0 Å². The number of sulfonamides is 1. The van der Waals surface area contributed by atoms with Crippen LogP contribution in [0, 0.1) is 10.1 Å². The van der Waals surface area contributed by atoms with Crippen molar-refractivity contribution in [1.29, 1.82) is 0 Å². The van der Waals surface area contributed by atoms with E-state index in [1.807, 2.05) is 0 Å². The number of para-hydroxylation sites is 1. The van der Waals surface area contributed by atoms with Crippen molar-refractivity contribution in [1.82, 2.24) is 4.31 Å². The van der Waals surface area contributed by atoms with E-state index in [-0.39, 0.29) is 15.9 Å². The molecule has 0 N–H and O–H groups in total. The quantitative estimate of drug-likeness (QED) is 0.0599. The summed E-state index contributed by atoms with van der Waals surface area (Å²) in [5, 5.41) is 12.0. The third kappa shape index (κ3) is 12.2. The monoisotopic (exact) mass is 574 g/mol. The largest absolute Gasteiger partial charge is 0.293 e. The molecule has 0 radical (unpaired) electrons. The number of unbranched alkanes of at least 4 members (excludes halogenated alkanes) is 14. The third-order valence-electron chi connectivity index (χ3n) is 6.55. The Morgan fingerprint density at radius 3 is 1.60 bits per heavy atom. The highest BCUT2D eigenvalue weighted by Gasteiger charge is 2.33. The Bertz CT molecular complexity index is 797. The van der Waals surface area contributed by atoms with Gasteiger partial charge in [0.2, 0.25) is 10.0 Å². The lowest BCUT2D eigenvalue weighted by molar-refractivity contribution is -0.388. The van der Waals surface area contributed by atoms with Gasteiger partial charge in [-0.25, -0.2) is 8.42 Å². The fraction of sp³-hybridized carbons (Fsp3) is 0.778. The van der Waals surface area contributed by atoms with E-state index < -0.39 is 14.9 Å².